The summed E-state index contributed by atoms with van der Waals surface area (Å²) in [5.41, 5.74) is 1.54. The maximum Gasteiger partial charge on any atom is 0.262 e. The standard InChI is InChI=1S/C24H39N3OS/c1-4-7-8-9-10-11-14-17-27-21(18-26(5-2)6-3)25-23-22(24(27)28)19-15-12-13-16-20(19)29-23/h4-18H2,1-3H3. The zero-order valence-corrected chi connectivity index (χ0v) is 19.6. The Morgan fingerprint density at radius 2 is 1.66 bits per heavy atom. The molecule has 2 aromatic heterocycles. The van der Waals surface area contributed by atoms with Gasteiger partial charge in [-0.25, -0.2) is 4.98 Å². The van der Waals surface area contributed by atoms with E-state index in [2.05, 4.69) is 25.7 Å². The lowest BCUT2D eigenvalue weighted by molar-refractivity contribution is 0.281. The van der Waals surface area contributed by atoms with Crippen LogP contribution in [0.2, 0.25) is 0 Å². The molecular weight excluding hydrogens is 378 g/mol. The summed E-state index contributed by atoms with van der Waals surface area (Å²) in [6.07, 6.45) is 13.5. The minimum atomic E-state index is 0.225. The van der Waals surface area contributed by atoms with Crippen molar-refractivity contribution in [2.24, 2.45) is 0 Å². The van der Waals surface area contributed by atoms with Crippen LogP contribution in [0.4, 0.5) is 0 Å². The molecule has 0 amide bonds. The lowest BCUT2D eigenvalue weighted by atomic mass is 9.97. The van der Waals surface area contributed by atoms with Crippen LogP contribution in [-0.2, 0) is 25.9 Å². The van der Waals surface area contributed by atoms with Crippen molar-refractivity contribution in [3.05, 3.63) is 26.6 Å². The molecule has 0 spiro atoms. The van der Waals surface area contributed by atoms with E-state index in [1.165, 1.54) is 61.8 Å². The summed E-state index contributed by atoms with van der Waals surface area (Å²) in [6.45, 7) is 10.2. The molecule has 0 N–H and O–H groups in total. The topological polar surface area (TPSA) is 38.1 Å². The monoisotopic (exact) mass is 417 g/mol. The summed E-state index contributed by atoms with van der Waals surface area (Å²) < 4.78 is 2.02. The average Bonchev–Trinajstić information content (AvgIpc) is 3.11. The SMILES string of the molecule is CCCCCCCCCn1c(CN(CC)CC)nc2sc3c(c2c1=O)CCCC3. The molecule has 0 aromatic carbocycles. The molecule has 0 saturated carbocycles. The highest BCUT2D eigenvalue weighted by atomic mass is 32.1. The molecule has 2 aromatic rings. The number of aromatic nitrogens is 2. The number of fused-ring (bicyclic) bond motifs is 3. The molecule has 0 radical (unpaired) electrons. The smallest absolute Gasteiger partial charge is 0.262 e. The van der Waals surface area contributed by atoms with Crippen LogP contribution < -0.4 is 5.56 Å². The minimum absolute atomic E-state index is 0.225. The Morgan fingerprint density at radius 3 is 2.38 bits per heavy atom. The third kappa shape index (κ3) is 5.49. The van der Waals surface area contributed by atoms with E-state index in [1.807, 2.05) is 4.57 Å². The summed E-state index contributed by atoms with van der Waals surface area (Å²) in [5.74, 6) is 0.968. The highest BCUT2D eigenvalue weighted by Crippen LogP contribution is 2.34. The summed E-state index contributed by atoms with van der Waals surface area (Å²) in [7, 11) is 0. The van der Waals surface area contributed by atoms with Gasteiger partial charge in [0.2, 0.25) is 0 Å². The van der Waals surface area contributed by atoms with Crippen LogP contribution in [0.3, 0.4) is 0 Å². The fourth-order valence-electron chi connectivity index (χ4n) is 4.51. The van der Waals surface area contributed by atoms with Gasteiger partial charge in [-0.15, -0.1) is 11.3 Å². The second-order valence-corrected chi connectivity index (χ2v) is 9.54. The summed E-state index contributed by atoms with van der Waals surface area (Å²) in [4.78, 5) is 23.4. The summed E-state index contributed by atoms with van der Waals surface area (Å²) in [6, 6.07) is 0. The van der Waals surface area contributed by atoms with Gasteiger partial charge in [-0.2, -0.15) is 0 Å². The molecule has 29 heavy (non-hydrogen) atoms. The Bertz CT molecular complexity index is 835. The van der Waals surface area contributed by atoms with Gasteiger partial charge in [0.15, 0.2) is 0 Å². The van der Waals surface area contributed by atoms with Gasteiger partial charge in [0.05, 0.1) is 11.9 Å². The first-order chi connectivity index (χ1) is 14.2. The largest absolute Gasteiger partial charge is 0.297 e. The fraction of sp³-hybridized carbons (Fsp3) is 0.750. The predicted octanol–water partition coefficient (Wildman–Crippen LogP) is 5.93. The Labute approximate surface area is 180 Å². The maximum atomic E-state index is 13.6. The quantitative estimate of drug-likeness (QED) is 0.402. The molecule has 0 atom stereocenters. The van der Waals surface area contributed by atoms with E-state index in [-0.39, 0.29) is 5.56 Å². The van der Waals surface area contributed by atoms with Gasteiger partial charge in [-0.05, 0) is 50.8 Å². The fourth-order valence-corrected chi connectivity index (χ4v) is 5.78. The Morgan fingerprint density at radius 1 is 0.966 bits per heavy atom. The molecule has 0 aliphatic heterocycles. The van der Waals surface area contributed by atoms with E-state index in [0.29, 0.717) is 0 Å². The minimum Gasteiger partial charge on any atom is -0.297 e. The first-order valence-corrected chi connectivity index (χ1v) is 12.8. The molecule has 1 aliphatic carbocycles. The van der Waals surface area contributed by atoms with Gasteiger partial charge < -0.3 is 0 Å². The van der Waals surface area contributed by atoms with Crippen LogP contribution in [0.15, 0.2) is 4.79 Å². The molecule has 0 fully saturated rings. The number of hydrogen-bond acceptors (Lipinski definition) is 4. The lowest BCUT2D eigenvalue weighted by Gasteiger charge is -2.20. The third-order valence-electron chi connectivity index (χ3n) is 6.40. The van der Waals surface area contributed by atoms with Gasteiger partial charge in [-0.3, -0.25) is 14.3 Å². The molecule has 0 saturated heterocycles. The van der Waals surface area contributed by atoms with Crippen LogP contribution in [0, 0.1) is 0 Å². The number of thiophene rings is 1. The molecule has 1 aliphatic rings. The van der Waals surface area contributed by atoms with E-state index in [4.69, 9.17) is 4.98 Å². The van der Waals surface area contributed by atoms with Crippen LogP contribution in [0.1, 0.15) is 94.8 Å². The van der Waals surface area contributed by atoms with Crippen molar-refractivity contribution < 1.29 is 0 Å². The molecule has 0 unspecified atom stereocenters. The lowest BCUT2D eigenvalue weighted by Crippen LogP contribution is -2.31. The normalized spacial score (nSPS) is 14.1. The Hall–Kier alpha value is -1.20. The summed E-state index contributed by atoms with van der Waals surface area (Å²) >= 11 is 1.78. The second-order valence-electron chi connectivity index (χ2n) is 8.46. The zero-order chi connectivity index (χ0) is 20.6. The van der Waals surface area contributed by atoms with E-state index in [1.54, 1.807) is 11.3 Å². The Balaban J connectivity index is 1.83. The molecule has 0 bridgehead atoms. The zero-order valence-electron chi connectivity index (χ0n) is 18.8. The molecular formula is C24H39N3OS. The predicted molar refractivity (Wildman–Crippen MR) is 125 cm³/mol. The second kappa shape index (κ2) is 11.3. The number of hydrogen-bond donors (Lipinski definition) is 0. The van der Waals surface area contributed by atoms with Crippen LogP contribution >= 0.6 is 11.3 Å². The molecule has 3 rings (SSSR count). The third-order valence-corrected chi connectivity index (χ3v) is 7.58. The van der Waals surface area contributed by atoms with E-state index >= 15 is 0 Å². The van der Waals surface area contributed by atoms with E-state index in [0.717, 1.165) is 61.5 Å². The van der Waals surface area contributed by atoms with E-state index < -0.39 is 0 Å². The highest BCUT2D eigenvalue weighted by Gasteiger charge is 2.22. The van der Waals surface area contributed by atoms with Gasteiger partial charge in [0.25, 0.3) is 5.56 Å². The van der Waals surface area contributed by atoms with Crippen LogP contribution in [0.5, 0.6) is 0 Å². The first-order valence-electron chi connectivity index (χ1n) is 12.0. The van der Waals surface area contributed by atoms with Crippen molar-refractivity contribution in [3.8, 4) is 0 Å². The maximum absolute atomic E-state index is 13.6. The molecule has 2 heterocycles. The highest BCUT2D eigenvalue weighted by molar-refractivity contribution is 7.18. The summed E-state index contributed by atoms with van der Waals surface area (Å²) in [5, 5.41) is 0.941. The number of nitrogens with zero attached hydrogens (tertiary/aromatic N) is 3. The van der Waals surface area contributed by atoms with Gasteiger partial charge in [0, 0.05) is 11.4 Å². The van der Waals surface area contributed by atoms with Crippen molar-refractivity contribution >= 4 is 21.6 Å². The number of unbranched alkanes of at least 4 members (excludes halogenated alkanes) is 6. The van der Waals surface area contributed by atoms with Gasteiger partial charge >= 0.3 is 0 Å². The average molecular weight is 418 g/mol. The van der Waals surface area contributed by atoms with E-state index in [9.17, 15) is 4.79 Å². The van der Waals surface area contributed by atoms with Gasteiger partial charge in [0.1, 0.15) is 10.7 Å². The Kier molecular flexibility index (Phi) is 8.73. The van der Waals surface area contributed by atoms with Crippen molar-refractivity contribution in [2.45, 2.75) is 104 Å². The van der Waals surface area contributed by atoms with Crippen molar-refractivity contribution in [3.63, 3.8) is 0 Å². The van der Waals surface area contributed by atoms with Crippen molar-refractivity contribution in [2.75, 3.05) is 13.1 Å². The van der Waals surface area contributed by atoms with Crippen molar-refractivity contribution in [1.82, 2.24) is 14.5 Å². The van der Waals surface area contributed by atoms with Crippen LogP contribution in [0.25, 0.3) is 10.2 Å². The molecule has 5 heteroatoms. The van der Waals surface area contributed by atoms with Crippen molar-refractivity contribution in [1.29, 1.82) is 0 Å². The van der Waals surface area contributed by atoms with Gasteiger partial charge in [-0.1, -0.05) is 59.3 Å². The molecule has 4 nitrogen and oxygen atoms in total. The number of rotatable bonds is 12. The first kappa shape index (κ1) is 22.5. The van der Waals surface area contributed by atoms with Crippen LogP contribution in [-0.4, -0.2) is 27.5 Å². The molecule has 162 valence electrons. The number of aryl methyl sites for hydroxylation is 2.